The number of hydrogen-bond donors (Lipinski definition) is 1. The van der Waals surface area contributed by atoms with Gasteiger partial charge in [0, 0.05) is 48.9 Å². The van der Waals surface area contributed by atoms with E-state index >= 15 is 0 Å². The summed E-state index contributed by atoms with van der Waals surface area (Å²) >= 11 is 12.6. The van der Waals surface area contributed by atoms with E-state index in [2.05, 4.69) is 10.2 Å². The van der Waals surface area contributed by atoms with Gasteiger partial charge in [-0.3, -0.25) is 9.59 Å². The maximum atomic E-state index is 12.7. The molecule has 0 aliphatic carbocycles. The summed E-state index contributed by atoms with van der Waals surface area (Å²) in [6.45, 7) is 4.82. The first-order chi connectivity index (χ1) is 15.9. The SMILES string of the molecule is CCCC(=O)N1CCN(c2ccc(NC(=O)c3ccc(-c4cccc(Cl)c4)o3)cc2Cl)CC1. The van der Waals surface area contributed by atoms with Crippen molar-refractivity contribution in [3.63, 3.8) is 0 Å². The first kappa shape index (κ1) is 23.2. The third-order valence-electron chi connectivity index (χ3n) is 5.58. The molecule has 3 aromatic rings. The van der Waals surface area contributed by atoms with Crippen LogP contribution in [0.3, 0.4) is 0 Å². The van der Waals surface area contributed by atoms with E-state index in [0.717, 1.165) is 30.8 Å². The second-order valence-electron chi connectivity index (χ2n) is 7.91. The second-order valence-corrected chi connectivity index (χ2v) is 8.76. The lowest BCUT2D eigenvalue weighted by Gasteiger charge is -2.36. The molecule has 1 aliphatic heterocycles. The Balaban J connectivity index is 1.39. The summed E-state index contributed by atoms with van der Waals surface area (Å²) in [5.74, 6) is 0.596. The lowest BCUT2D eigenvalue weighted by Crippen LogP contribution is -2.48. The summed E-state index contributed by atoms with van der Waals surface area (Å²) in [6.07, 6.45) is 1.45. The molecule has 0 unspecified atom stereocenters. The Morgan fingerprint density at radius 2 is 1.79 bits per heavy atom. The molecule has 0 radical (unpaired) electrons. The Hall–Kier alpha value is -2.96. The highest BCUT2D eigenvalue weighted by atomic mass is 35.5. The number of hydrogen-bond acceptors (Lipinski definition) is 4. The molecule has 1 saturated heterocycles. The lowest BCUT2D eigenvalue weighted by atomic mass is 10.2. The highest BCUT2D eigenvalue weighted by molar-refractivity contribution is 6.33. The molecule has 6 nitrogen and oxygen atoms in total. The predicted molar refractivity (Wildman–Crippen MR) is 132 cm³/mol. The van der Waals surface area contributed by atoms with E-state index in [4.69, 9.17) is 27.6 Å². The van der Waals surface area contributed by atoms with Crippen LogP contribution in [0.1, 0.15) is 30.3 Å². The molecule has 33 heavy (non-hydrogen) atoms. The zero-order valence-corrected chi connectivity index (χ0v) is 19.8. The van der Waals surface area contributed by atoms with Crippen molar-refractivity contribution in [3.05, 3.63) is 70.4 Å². The van der Waals surface area contributed by atoms with Crippen molar-refractivity contribution in [2.75, 3.05) is 36.4 Å². The van der Waals surface area contributed by atoms with Gasteiger partial charge in [0.25, 0.3) is 5.91 Å². The van der Waals surface area contributed by atoms with Gasteiger partial charge in [-0.1, -0.05) is 42.3 Å². The minimum Gasteiger partial charge on any atom is -0.451 e. The van der Waals surface area contributed by atoms with E-state index in [1.165, 1.54) is 0 Å². The van der Waals surface area contributed by atoms with Crippen molar-refractivity contribution < 1.29 is 14.0 Å². The van der Waals surface area contributed by atoms with Gasteiger partial charge < -0.3 is 19.5 Å². The van der Waals surface area contributed by atoms with Crippen LogP contribution in [0.5, 0.6) is 0 Å². The van der Waals surface area contributed by atoms with Crippen molar-refractivity contribution >= 4 is 46.4 Å². The van der Waals surface area contributed by atoms with Gasteiger partial charge in [-0.05, 0) is 48.9 Å². The number of halogens is 2. The number of nitrogens with zero attached hydrogens (tertiary/aromatic N) is 2. The van der Waals surface area contributed by atoms with Gasteiger partial charge in [0.2, 0.25) is 5.91 Å². The van der Waals surface area contributed by atoms with Gasteiger partial charge in [-0.25, -0.2) is 0 Å². The molecule has 0 bridgehead atoms. The number of nitrogens with one attached hydrogen (secondary N) is 1. The van der Waals surface area contributed by atoms with Crippen LogP contribution in [0.2, 0.25) is 10.0 Å². The third-order valence-corrected chi connectivity index (χ3v) is 6.12. The highest BCUT2D eigenvalue weighted by Gasteiger charge is 2.22. The van der Waals surface area contributed by atoms with Gasteiger partial charge in [-0.2, -0.15) is 0 Å². The fourth-order valence-electron chi connectivity index (χ4n) is 3.86. The lowest BCUT2D eigenvalue weighted by molar-refractivity contribution is -0.131. The summed E-state index contributed by atoms with van der Waals surface area (Å²) in [6, 6.07) is 16.0. The summed E-state index contributed by atoms with van der Waals surface area (Å²) in [7, 11) is 0. The van der Waals surface area contributed by atoms with Crippen LogP contribution in [-0.2, 0) is 4.79 Å². The predicted octanol–water partition coefficient (Wildman–Crippen LogP) is 5.95. The molecule has 2 amide bonds. The molecule has 4 rings (SSSR count). The van der Waals surface area contributed by atoms with Crippen LogP contribution in [0.25, 0.3) is 11.3 Å². The molecule has 172 valence electrons. The number of carbonyl (C=O) groups is 2. The number of anilines is 2. The van der Waals surface area contributed by atoms with E-state index < -0.39 is 0 Å². The number of piperazine rings is 1. The zero-order valence-electron chi connectivity index (χ0n) is 18.3. The number of benzene rings is 2. The number of rotatable bonds is 6. The molecule has 2 aromatic carbocycles. The van der Waals surface area contributed by atoms with E-state index in [9.17, 15) is 9.59 Å². The van der Waals surface area contributed by atoms with Crippen LogP contribution in [0.15, 0.2) is 59.0 Å². The number of carbonyl (C=O) groups excluding carboxylic acids is 2. The molecule has 1 N–H and O–H groups in total. The molecule has 2 heterocycles. The molecule has 0 saturated carbocycles. The van der Waals surface area contributed by atoms with Crippen molar-refractivity contribution in [1.29, 1.82) is 0 Å². The maximum Gasteiger partial charge on any atom is 0.291 e. The molecular formula is C25H25Cl2N3O3. The number of furan rings is 1. The Bertz CT molecular complexity index is 1150. The largest absolute Gasteiger partial charge is 0.451 e. The quantitative estimate of drug-likeness (QED) is 0.468. The molecule has 8 heteroatoms. The summed E-state index contributed by atoms with van der Waals surface area (Å²) in [4.78, 5) is 28.8. The average Bonchev–Trinajstić information content (AvgIpc) is 3.30. The normalized spacial score (nSPS) is 13.8. The second kappa shape index (κ2) is 10.3. The van der Waals surface area contributed by atoms with Crippen LogP contribution >= 0.6 is 23.2 Å². The van der Waals surface area contributed by atoms with Crippen LogP contribution in [-0.4, -0.2) is 42.9 Å². The minimum atomic E-state index is -0.366. The molecule has 0 spiro atoms. The van der Waals surface area contributed by atoms with E-state index in [1.54, 1.807) is 30.3 Å². The summed E-state index contributed by atoms with van der Waals surface area (Å²) < 4.78 is 5.71. The van der Waals surface area contributed by atoms with E-state index in [0.29, 0.717) is 41.0 Å². The van der Waals surface area contributed by atoms with Crippen LogP contribution < -0.4 is 10.2 Å². The van der Waals surface area contributed by atoms with Crippen molar-refractivity contribution in [1.82, 2.24) is 4.90 Å². The third kappa shape index (κ3) is 5.52. The standard InChI is InChI=1S/C25H25Cl2N3O3/c1-2-4-24(31)30-13-11-29(12-14-30)21-8-7-19(16-20(21)27)28-25(32)23-10-9-22(33-23)17-5-3-6-18(26)15-17/h3,5-10,15-16H,2,4,11-14H2,1H3,(H,28,32). The van der Waals surface area contributed by atoms with Crippen molar-refractivity contribution in [2.45, 2.75) is 19.8 Å². The first-order valence-corrected chi connectivity index (χ1v) is 11.7. The Kier molecular flexibility index (Phi) is 7.26. The van der Waals surface area contributed by atoms with Gasteiger partial charge in [0.15, 0.2) is 5.76 Å². The van der Waals surface area contributed by atoms with Gasteiger partial charge in [0.05, 0.1) is 10.7 Å². The molecule has 0 atom stereocenters. The van der Waals surface area contributed by atoms with Crippen LogP contribution in [0, 0.1) is 0 Å². The topological polar surface area (TPSA) is 65.8 Å². The molecular weight excluding hydrogens is 461 g/mol. The Labute approximate surface area is 203 Å². The van der Waals surface area contributed by atoms with Crippen molar-refractivity contribution in [2.24, 2.45) is 0 Å². The molecule has 1 aliphatic rings. The van der Waals surface area contributed by atoms with Gasteiger partial charge in [0.1, 0.15) is 5.76 Å². The smallest absolute Gasteiger partial charge is 0.291 e. The highest BCUT2D eigenvalue weighted by Crippen LogP contribution is 2.30. The fourth-order valence-corrected chi connectivity index (χ4v) is 4.35. The number of amides is 2. The fraction of sp³-hybridized carbons (Fsp3) is 0.280. The minimum absolute atomic E-state index is 0.193. The molecule has 1 fully saturated rings. The Morgan fingerprint density at radius 3 is 2.48 bits per heavy atom. The summed E-state index contributed by atoms with van der Waals surface area (Å²) in [5, 5.41) is 3.96. The molecule has 1 aromatic heterocycles. The van der Waals surface area contributed by atoms with Crippen molar-refractivity contribution in [3.8, 4) is 11.3 Å². The zero-order chi connectivity index (χ0) is 23.4. The van der Waals surface area contributed by atoms with Gasteiger partial charge in [-0.15, -0.1) is 0 Å². The Morgan fingerprint density at radius 1 is 1.00 bits per heavy atom. The van der Waals surface area contributed by atoms with Crippen LogP contribution in [0.4, 0.5) is 11.4 Å². The van der Waals surface area contributed by atoms with E-state index in [-0.39, 0.29) is 17.6 Å². The van der Waals surface area contributed by atoms with Gasteiger partial charge >= 0.3 is 0 Å². The average molecular weight is 486 g/mol. The van der Waals surface area contributed by atoms with E-state index in [1.807, 2.05) is 36.1 Å². The first-order valence-electron chi connectivity index (χ1n) is 10.9. The maximum absolute atomic E-state index is 12.7. The monoisotopic (exact) mass is 485 g/mol. The summed E-state index contributed by atoms with van der Waals surface area (Å²) in [5.41, 5.74) is 2.26.